The summed E-state index contributed by atoms with van der Waals surface area (Å²) in [6, 6.07) is 9.33. The summed E-state index contributed by atoms with van der Waals surface area (Å²) in [5.41, 5.74) is 0.849. The van der Waals surface area contributed by atoms with E-state index >= 15 is 0 Å². The van der Waals surface area contributed by atoms with E-state index in [9.17, 15) is 4.79 Å². The summed E-state index contributed by atoms with van der Waals surface area (Å²) in [6.45, 7) is 5.10. The van der Waals surface area contributed by atoms with Gasteiger partial charge in [0.2, 0.25) is 11.7 Å². The van der Waals surface area contributed by atoms with Crippen molar-refractivity contribution >= 4 is 5.91 Å². The molecular formula is C21H21N3O5. The van der Waals surface area contributed by atoms with Crippen LogP contribution in [0.3, 0.4) is 0 Å². The van der Waals surface area contributed by atoms with Gasteiger partial charge in [-0.05, 0) is 32.0 Å². The van der Waals surface area contributed by atoms with Crippen molar-refractivity contribution < 1.29 is 23.2 Å². The molecule has 0 N–H and O–H groups in total. The first-order chi connectivity index (χ1) is 14.0. The first kappa shape index (κ1) is 17.8. The van der Waals surface area contributed by atoms with Gasteiger partial charge in [0.1, 0.15) is 5.60 Å². The molecule has 5 rings (SSSR count). The zero-order valence-corrected chi connectivity index (χ0v) is 16.3. The molecule has 0 aliphatic carbocycles. The highest BCUT2D eigenvalue weighted by molar-refractivity contribution is 5.79. The number of amides is 1. The minimum absolute atomic E-state index is 0.0280. The Bertz CT molecular complexity index is 1030. The van der Waals surface area contributed by atoms with Gasteiger partial charge in [-0.2, -0.15) is 4.98 Å². The van der Waals surface area contributed by atoms with Crippen LogP contribution in [0.1, 0.15) is 31.2 Å². The standard InChI is InChI=1S/C21H21N3O5/c1-21(2)9-13-5-3-6-15(18(13)28-21)27-12-17(25)24-10-14(11-24)20-22-19(23-29-20)16-7-4-8-26-16/h3-8,14H,9-12H2,1-2H3. The second-order valence-electron chi connectivity index (χ2n) is 8.00. The van der Waals surface area contributed by atoms with Crippen LogP contribution in [-0.2, 0) is 11.2 Å². The van der Waals surface area contributed by atoms with Crippen molar-refractivity contribution in [3.63, 3.8) is 0 Å². The van der Waals surface area contributed by atoms with Crippen LogP contribution in [0.2, 0.25) is 0 Å². The van der Waals surface area contributed by atoms with Gasteiger partial charge in [0.15, 0.2) is 23.9 Å². The number of para-hydroxylation sites is 1. The van der Waals surface area contributed by atoms with E-state index in [4.69, 9.17) is 18.4 Å². The SMILES string of the molecule is CC1(C)Cc2cccc(OCC(=O)N3CC(c4nc(-c5ccco5)no4)C3)c2O1. The average molecular weight is 395 g/mol. The van der Waals surface area contributed by atoms with Gasteiger partial charge in [0.05, 0.1) is 12.2 Å². The second-order valence-corrected chi connectivity index (χ2v) is 8.00. The van der Waals surface area contributed by atoms with Gasteiger partial charge in [-0.1, -0.05) is 17.3 Å². The van der Waals surface area contributed by atoms with E-state index in [1.165, 1.54) is 0 Å². The van der Waals surface area contributed by atoms with Crippen molar-refractivity contribution in [2.24, 2.45) is 0 Å². The molecule has 0 bridgehead atoms. The Morgan fingerprint density at radius 2 is 2.14 bits per heavy atom. The molecule has 8 heteroatoms. The van der Waals surface area contributed by atoms with Gasteiger partial charge in [0, 0.05) is 25.1 Å². The molecule has 0 unspecified atom stereocenters. The molecule has 1 amide bonds. The first-order valence-corrected chi connectivity index (χ1v) is 9.57. The number of hydrogen-bond donors (Lipinski definition) is 0. The van der Waals surface area contributed by atoms with Crippen LogP contribution in [0.4, 0.5) is 0 Å². The van der Waals surface area contributed by atoms with Crippen molar-refractivity contribution in [1.29, 1.82) is 0 Å². The molecule has 4 heterocycles. The lowest BCUT2D eigenvalue weighted by atomic mass is 10.0. The number of nitrogens with zero attached hydrogens (tertiary/aromatic N) is 3. The molecule has 2 aliphatic rings. The Balaban J connectivity index is 1.16. The molecule has 0 saturated carbocycles. The molecule has 3 aromatic rings. The Labute approximate surface area is 167 Å². The summed E-state index contributed by atoms with van der Waals surface area (Å²) in [4.78, 5) is 18.5. The topological polar surface area (TPSA) is 90.8 Å². The maximum absolute atomic E-state index is 12.5. The molecule has 1 fully saturated rings. The lowest BCUT2D eigenvalue weighted by Gasteiger charge is -2.36. The van der Waals surface area contributed by atoms with Crippen molar-refractivity contribution in [3.8, 4) is 23.1 Å². The van der Waals surface area contributed by atoms with Gasteiger partial charge >= 0.3 is 0 Å². The number of benzene rings is 1. The van der Waals surface area contributed by atoms with E-state index in [-0.39, 0.29) is 24.0 Å². The third-order valence-corrected chi connectivity index (χ3v) is 5.17. The van der Waals surface area contributed by atoms with Crippen LogP contribution in [0, 0.1) is 0 Å². The number of carbonyl (C=O) groups excluding carboxylic acids is 1. The highest BCUT2D eigenvalue weighted by Crippen LogP contribution is 2.41. The van der Waals surface area contributed by atoms with E-state index in [2.05, 4.69) is 10.1 Å². The summed E-state index contributed by atoms with van der Waals surface area (Å²) in [5, 5.41) is 3.93. The quantitative estimate of drug-likeness (QED) is 0.656. The Hall–Kier alpha value is -3.29. The largest absolute Gasteiger partial charge is 0.483 e. The third kappa shape index (κ3) is 3.35. The minimum atomic E-state index is -0.255. The van der Waals surface area contributed by atoms with Gasteiger partial charge in [-0.3, -0.25) is 4.79 Å². The summed E-state index contributed by atoms with van der Waals surface area (Å²) in [6.07, 6.45) is 2.38. The van der Waals surface area contributed by atoms with E-state index in [1.807, 2.05) is 32.0 Å². The van der Waals surface area contributed by atoms with Crippen molar-refractivity contribution in [2.45, 2.75) is 31.8 Å². The molecule has 1 saturated heterocycles. The second kappa shape index (κ2) is 6.65. The Morgan fingerprint density at radius 3 is 2.93 bits per heavy atom. The fourth-order valence-corrected chi connectivity index (χ4v) is 3.68. The lowest BCUT2D eigenvalue weighted by molar-refractivity contribution is -0.138. The van der Waals surface area contributed by atoms with Crippen LogP contribution in [-0.4, -0.2) is 46.2 Å². The average Bonchev–Trinajstić information content (AvgIpc) is 3.36. The molecular weight excluding hydrogens is 374 g/mol. The van der Waals surface area contributed by atoms with Gasteiger partial charge in [-0.25, -0.2) is 0 Å². The molecule has 0 radical (unpaired) electrons. The van der Waals surface area contributed by atoms with Crippen LogP contribution in [0.15, 0.2) is 45.5 Å². The normalized spacial score (nSPS) is 17.5. The third-order valence-electron chi connectivity index (χ3n) is 5.17. The van der Waals surface area contributed by atoms with Gasteiger partial charge < -0.3 is 23.3 Å². The summed E-state index contributed by atoms with van der Waals surface area (Å²) >= 11 is 0. The van der Waals surface area contributed by atoms with E-state index < -0.39 is 0 Å². The zero-order valence-electron chi connectivity index (χ0n) is 16.3. The number of carbonyl (C=O) groups is 1. The number of aromatic nitrogens is 2. The Morgan fingerprint density at radius 1 is 1.28 bits per heavy atom. The fourth-order valence-electron chi connectivity index (χ4n) is 3.68. The van der Waals surface area contributed by atoms with Crippen LogP contribution >= 0.6 is 0 Å². The highest BCUT2D eigenvalue weighted by atomic mass is 16.5. The maximum Gasteiger partial charge on any atom is 0.260 e. The number of fused-ring (bicyclic) bond motifs is 1. The molecule has 8 nitrogen and oxygen atoms in total. The van der Waals surface area contributed by atoms with Crippen molar-refractivity contribution in [1.82, 2.24) is 15.0 Å². The van der Waals surface area contributed by atoms with Crippen molar-refractivity contribution in [3.05, 3.63) is 48.0 Å². The minimum Gasteiger partial charge on any atom is -0.483 e. The molecule has 0 spiro atoms. The molecule has 1 aromatic carbocycles. The van der Waals surface area contributed by atoms with E-state index in [0.29, 0.717) is 36.3 Å². The maximum atomic E-state index is 12.5. The molecule has 2 aromatic heterocycles. The number of furan rings is 1. The fraction of sp³-hybridized carbons (Fsp3) is 0.381. The predicted molar refractivity (Wildman–Crippen MR) is 102 cm³/mol. The zero-order chi connectivity index (χ0) is 20.0. The van der Waals surface area contributed by atoms with Gasteiger partial charge in [-0.15, -0.1) is 0 Å². The van der Waals surface area contributed by atoms with Crippen molar-refractivity contribution in [2.75, 3.05) is 19.7 Å². The summed E-state index contributed by atoms with van der Waals surface area (Å²) in [5.74, 6) is 2.78. The number of ether oxygens (including phenoxy) is 2. The van der Waals surface area contributed by atoms with Crippen LogP contribution in [0.5, 0.6) is 11.5 Å². The molecule has 2 aliphatic heterocycles. The molecule has 150 valence electrons. The monoisotopic (exact) mass is 395 g/mol. The number of rotatable bonds is 5. The van der Waals surface area contributed by atoms with Gasteiger partial charge in [0.25, 0.3) is 5.91 Å². The van der Waals surface area contributed by atoms with E-state index in [0.717, 1.165) is 17.7 Å². The van der Waals surface area contributed by atoms with E-state index in [1.54, 1.807) is 23.3 Å². The van der Waals surface area contributed by atoms with Crippen LogP contribution in [0.25, 0.3) is 11.6 Å². The van der Waals surface area contributed by atoms with Crippen LogP contribution < -0.4 is 9.47 Å². The first-order valence-electron chi connectivity index (χ1n) is 9.57. The summed E-state index contributed by atoms with van der Waals surface area (Å²) in [7, 11) is 0. The number of likely N-dealkylation sites (tertiary alicyclic amines) is 1. The predicted octanol–water partition coefficient (Wildman–Crippen LogP) is 3.05. The smallest absolute Gasteiger partial charge is 0.260 e. The lowest BCUT2D eigenvalue weighted by Crippen LogP contribution is -2.50. The molecule has 0 atom stereocenters. The summed E-state index contributed by atoms with van der Waals surface area (Å²) < 4.78 is 22.3. The number of hydrogen-bond acceptors (Lipinski definition) is 7. The Kier molecular flexibility index (Phi) is 4.08. The highest BCUT2D eigenvalue weighted by Gasteiger charge is 2.36. The molecule has 29 heavy (non-hydrogen) atoms.